The average Bonchev–Trinajstić information content (AvgIpc) is 2.21. The topological polar surface area (TPSA) is 56.0 Å². The van der Waals surface area contributed by atoms with Crippen LogP contribution in [0.15, 0.2) is 22.7 Å². The first-order valence-electron chi connectivity index (χ1n) is 4.72. The van der Waals surface area contributed by atoms with Crippen molar-refractivity contribution in [2.75, 3.05) is 0 Å². The summed E-state index contributed by atoms with van der Waals surface area (Å²) in [5, 5.41) is 21.3. The van der Waals surface area contributed by atoms with E-state index in [2.05, 4.69) is 27.3 Å². The lowest BCUT2D eigenvalue weighted by Crippen LogP contribution is -2.24. The molecule has 0 aliphatic carbocycles. The number of phenolic OH excluding ortho intramolecular Hbond substituents is 1. The van der Waals surface area contributed by atoms with Gasteiger partial charge in [-0.3, -0.25) is 0 Å². The van der Waals surface area contributed by atoms with E-state index < -0.39 is 0 Å². The Labute approximate surface area is 97.9 Å². The summed E-state index contributed by atoms with van der Waals surface area (Å²) in [5.74, 6) is 0.258. The average molecular weight is 269 g/mol. The van der Waals surface area contributed by atoms with Gasteiger partial charge in [0.15, 0.2) is 0 Å². The lowest BCUT2D eigenvalue weighted by molar-refractivity contribution is 0.456. The smallest absolute Gasteiger partial charge is 0.134 e. The minimum Gasteiger partial charge on any atom is -0.506 e. The molecule has 0 heterocycles. The third-order valence-electron chi connectivity index (χ3n) is 2.11. The van der Waals surface area contributed by atoms with Crippen molar-refractivity contribution >= 4 is 15.9 Å². The first kappa shape index (κ1) is 12.0. The number of halogens is 1. The van der Waals surface area contributed by atoms with Crippen LogP contribution in [0.4, 0.5) is 0 Å². The van der Waals surface area contributed by atoms with Crippen molar-refractivity contribution in [2.24, 2.45) is 0 Å². The summed E-state index contributed by atoms with van der Waals surface area (Å²) in [5.41, 5.74) is 0.828. The molecule has 0 fully saturated rings. The maximum Gasteiger partial charge on any atom is 0.134 e. The highest BCUT2D eigenvalue weighted by molar-refractivity contribution is 9.10. The molecule has 0 spiro atoms. The van der Waals surface area contributed by atoms with E-state index in [9.17, 15) is 5.11 Å². The van der Waals surface area contributed by atoms with Crippen LogP contribution >= 0.6 is 15.9 Å². The molecule has 0 aliphatic rings. The zero-order chi connectivity index (χ0) is 11.3. The second-order valence-corrected chi connectivity index (χ2v) is 4.25. The van der Waals surface area contributed by atoms with Crippen molar-refractivity contribution in [2.45, 2.75) is 25.9 Å². The Bertz CT molecular complexity index is 373. The number of phenols is 1. The molecule has 0 aromatic heterocycles. The summed E-state index contributed by atoms with van der Waals surface area (Å²) < 4.78 is 0.690. The van der Waals surface area contributed by atoms with E-state index in [-0.39, 0.29) is 11.8 Å². The lowest BCUT2D eigenvalue weighted by atomic mass is 10.2. The predicted molar refractivity (Wildman–Crippen MR) is 62.3 cm³/mol. The van der Waals surface area contributed by atoms with Crippen molar-refractivity contribution < 1.29 is 5.11 Å². The first-order chi connectivity index (χ1) is 7.15. The summed E-state index contributed by atoms with van der Waals surface area (Å²) in [7, 11) is 0. The van der Waals surface area contributed by atoms with Crippen LogP contribution in [0, 0.1) is 11.3 Å². The van der Waals surface area contributed by atoms with Crippen molar-refractivity contribution in [3.8, 4) is 11.8 Å². The van der Waals surface area contributed by atoms with Gasteiger partial charge in [-0.15, -0.1) is 0 Å². The van der Waals surface area contributed by atoms with Gasteiger partial charge in [-0.1, -0.05) is 12.1 Å². The molecule has 1 atom stereocenters. The van der Waals surface area contributed by atoms with Gasteiger partial charge >= 0.3 is 0 Å². The zero-order valence-corrected chi connectivity index (χ0v) is 10.1. The molecule has 80 valence electrons. The number of nitrogens with zero attached hydrogens (tertiary/aromatic N) is 1. The second-order valence-electron chi connectivity index (χ2n) is 3.39. The number of nitrogens with one attached hydrogen (secondary N) is 1. The van der Waals surface area contributed by atoms with E-state index >= 15 is 0 Å². The molecule has 0 saturated heterocycles. The monoisotopic (exact) mass is 268 g/mol. The SMILES string of the molecule is CC(CC#N)NCc1cccc(Br)c1O. The van der Waals surface area contributed by atoms with Gasteiger partial charge in [-0.05, 0) is 28.9 Å². The third-order valence-corrected chi connectivity index (χ3v) is 2.75. The summed E-state index contributed by atoms with van der Waals surface area (Å²) in [6.45, 7) is 2.51. The standard InChI is InChI=1S/C11H13BrN2O/c1-8(5-6-13)14-7-9-3-2-4-10(12)11(9)15/h2-4,8,14-15H,5,7H2,1H3. The maximum absolute atomic E-state index is 9.69. The van der Waals surface area contributed by atoms with E-state index in [4.69, 9.17) is 5.26 Å². The molecule has 0 radical (unpaired) electrons. The highest BCUT2D eigenvalue weighted by atomic mass is 79.9. The van der Waals surface area contributed by atoms with Gasteiger partial charge in [-0.2, -0.15) is 5.26 Å². The predicted octanol–water partition coefficient (Wildman–Crippen LogP) is 2.55. The van der Waals surface area contributed by atoms with Gasteiger partial charge in [0.05, 0.1) is 17.0 Å². The molecule has 1 aromatic carbocycles. The Hall–Kier alpha value is -1.05. The van der Waals surface area contributed by atoms with Crippen LogP contribution in [-0.2, 0) is 6.54 Å². The minimum absolute atomic E-state index is 0.133. The molecular weight excluding hydrogens is 256 g/mol. The van der Waals surface area contributed by atoms with Crippen LogP contribution in [-0.4, -0.2) is 11.1 Å². The summed E-state index contributed by atoms with van der Waals surface area (Å²) in [6, 6.07) is 7.74. The summed E-state index contributed by atoms with van der Waals surface area (Å²) in [6.07, 6.45) is 0.467. The Morgan fingerprint density at radius 3 is 3.00 bits per heavy atom. The van der Waals surface area contributed by atoms with Crippen LogP contribution in [0.2, 0.25) is 0 Å². The Kier molecular flexibility index (Phi) is 4.60. The zero-order valence-electron chi connectivity index (χ0n) is 8.50. The number of rotatable bonds is 4. The van der Waals surface area contributed by atoms with Gasteiger partial charge in [0.2, 0.25) is 0 Å². The van der Waals surface area contributed by atoms with E-state index in [0.717, 1.165) is 5.56 Å². The highest BCUT2D eigenvalue weighted by Gasteiger charge is 2.06. The van der Waals surface area contributed by atoms with Gasteiger partial charge in [-0.25, -0.2) is 0 Å². The van der Waals surface area contributed by atoms with E-state index in [1.165, 1.54) is 0 Å². The molecule has 1 rings (SSSR count). The molecule has 15 heavy (non-hydrogen) atoms. The van der Waals surface area contributed by atoms with Gasteiger partial charge in [0.1, 0.15) is 5.75 Å². The molecule has 4 heteroatoms. The van der Waals surface area contributed by atoms with E-state index in [0.29, 0.717) is 17.4 Å². The number of hydrogen-bond acceptors (Lipinski definition) is 3. The van der Waals surface area contributed by atoms with Crippen LogP contribution in [0.5, 0.6) is 5.75 Å². The molecular formula is C11H13BrN2O. The minimum atomic E-state index is 0.133. The van der Waals surface area contributed by atoms with Gasteiger partial charge in [0.25, 0.3) is 0 Å². The number of para-hydroxylation sites is 1. The van der Waals surface area contributed by atoms with E-state index in [1.54, 1.807) is 6.07 Å². The molecule has 3 nitrogen and oxygen atoms in total. The number of aromatic hydroxyl groups is 1. The van der Waals surface area contributed by atoms with Crippen LogP contribution in [0.25, 0.3) is 0 Å². The highest BCUT2D eigenvalue weighted by Crippen LogP contribution is 2.27. The Balaban J connectivity index is 2.58. The first-order valence-corrected chi connectivity index (χ1v) is 5.51. The fourth-order valence-electron chi connectivity index (χ4n) is 1.20. The summed E-state index contributed by atoms with van der Waals surface area (Å²) >= 11 is 3.25. The molecule has 0 aliphatic heterocycles. The van der Waals surface area contributed by atoms with Crippen LogP contribution < -0.4 is 5.32 Å². The summed E-state index contributed by atoms with van der Waals surface area (Å²) in [4.78, 5) is 0. The van der Waals surface area contributed by atoms with Crippen molar-refractivity contribution in [3.05, 3.63) is 28.2 Å². The largest absolute Gasteiger partial charge is 0.506 e. The van der Waals surface area contributed by atoms with Crippen LogP contribution in [0.1, 0.15) is 18.9 Å². The molecule has 2 N–H and O–H groups in total. The normalized spacial score (nSPS) is 12.1. The fraction of sp³-hybridized carbons (Fsp3) is 0.364. The number of nitriles is 1. The number of benzene rings is 1. The van der Waals surface area contributed by atoms with Gasteiger partial charge in [0, 0.05) is 18.2 Å². The van der Waals surface area contributed by atoms with Gasteiger partial charge < -0.3 is 10.4 Å². The quantitative estimate of drug-likeness (QED) is 0.883. The molecule has 0 bridgehead atoms. The lowest BCUT2D eigenvalue weighted by Gasteiger charge is -2.11. The van der Waals surface area contributed by atoms with Crippen molar-refractivity contribution in [1.29, 1.82) is 5.26 Å². The van der Waals surface area contributed by atoms with Crippen molar-refractivity contribution in [1.82, 2.24) is 5.32 Å². The van der Waals surface area contributed by atoms with E-state index in [1.807, 2.05) is 19.1 Å². The molecule has 1 unspecified atom stereocenters. The third kappa shape index (κ3) is 3.54. The molecule has 0 amide bonds. The fourth-order valence-corrected chi connectivity index (χ4v) is 1.60. The maximum atomic E-state index is 9.69. The Morgan fingerprint density at radius 1 is 1.60 bits per heavy atom. The van der Waals surface area contributed by atoms with Crippen molar-refractivity contribution in [3.63, 3.8) is 0 Å². The van der Waals surface area contributed by atoms with Crippen LogP contribution in [0.3, 0.4) is 0 Å². The number of hydrogen-bond donors (Lipinski definition) is 2. The Morgan fingerprint density at radius 2 is 2.33 bits per heavy atom. The molecule has 1 aromatic rings. The second kappa shape index (κ2) is 5.74. The molecule has 0 saturated carbocycles.